The van der Waals surface area contributed by atoms with Gasteiger partial charge in [0.2, 0.25) is 0 Å². The number of carboxylic acid groups (broad SMARTS) is 2. The number of likely N-dealkylation sites (N-methyl/N-ethyl adjacent to an activating group) is 1. The molecule has 0 spiro atoms. The normalized spacial score (nSPS) is 16.2. The summed E-state index contributed by atoms with van der Waals surface area (Å²) in [4.78, 5) is 41.3. The number of rotatable bonds is 5. The summed E-state index contributed by atoms with van der Waals surface area (Å²) in [5.74, 6) is -1.57. The molecule has 0 unspecified atom stereocenters. The minimum Gasteiger partial charge on any atom is -0.478 e. The Hall–Kier alpha value is -4.11. The van der Waals surface area contributed by atoms with Crippen molar-refractivity contribution in [3.63, 3.8) is 0 Å². The summed E-state index contributed by atoms with van der Waals surface area (Å²) in [6.07, 6.45) is 1.58. The highest BCUT2D eigenvalue weighted by atomic mass is 32.2. The third-order valence-electron chi connectivity index (χ3n) is 4.67. The van der Waals surface area contributed by atoms with E-state index < -0.39 is 11.9 Å². The molecule has 0 aliphatic carbocycles. The summed E-state index contributed by atoms with van der Waals surface area (Å²) in [7, 11) is 1.59. The van der Waals surface area contributed by atoms with E-state index in [0.29, 0.717) is 32.8 Å². The van der Waals surface area contributed by atoms with Crippen LogP contribution in [0.25, 0.3) is 17.4 Å². The zero-order valence-corrected chi connectivity index (χ0v) is 17.5. The van der Waals surface area contributed by atoms with E-state index in [-0.39, 0.29) is 17.0 Å². The Morgan fingerprint density at radius 1 is 1.00 bits per heavy atom. The van der Waals surface area contributed by atoms with Crippen LogP contribution in [-0.2, 0) is 4.79 Å². The highest BCUT2D eigenvalue weighted by molar-refractivity contribution is 8.18. The molecule has 2 heterocycles. The molecule has 2 aromatic carbocycles. The second kappa shape index (κ2) is 8.56. The van der Waals surface area contributed by atoms with Gasteiger partial charge in [-0.3, -0.25) is 9.69 Å². The van der Waals surface area contributed by atoms with E-state index in [1.165, 1.54) is 23.1 Å². The molecule has 4 rings (SSSR count). The molecule has 0 bridgehead atoms. The lowest BCUT2D eigenvalue weighted by Gasteiger charge is -2.07. The Morgan fingerprint density at radius 3 is 2.41 bits per heavy atom. The Labute approximate surface area is 186 Å². The number of amidine groups is 1. The van der Waals surface area contributed by atoms with E-state index in [2.05, 4.69) is 4.99 Å². The predicted octanol–water partition coefficient (Wildman–Crippen LogP) is 4.58. The van der Waals surface area contributed by atoms with Gasteiger partial charge < -0.3 is 14.6 Å². The van der Waals surface area contributed by atoms with Gasteiger partial charge in [0.05, 0.1) is 21.7 Å². The summed E-state index contributed by atoms with van der Waals surface area (Å²) < 4.78 is 5.78. The molecule has 3 aromatic rings. The van der Waals surface area contributed by atoms with E-state index in [0.717, 1.165) is 11.8 Å². The molecule has 9 heteroatoms. The Kier molecular flexibility index (Phi) is 5.65. The first-order chi connectivity index (χ1) is 15.3. The molecule has 1 aliphatic rings. The van der Waals surface area contributed by atoms with E-state index in [4.69, 9.17) is 9.52 Å². The van der Waals surface area contributed by atoms with Crippen LogP contribution in [0.15, 0.2) is 75.0 Å². The summed E-state index contributed by atoms with van der Waals surface area (Å²) in [6.45, 7) is 0. The number of furan rings is 1. The van der Waals surface area contributed by atoms with Gasteiger partial charge in [0.15, 0.2) is 5.17 Å². The van der Waals surface area contributed by atoms with Gasteiger partial charge in [0.25, 0.3) is 5.91 Å². The lowest BCUT2D eigenvalue weighted by Crippen LogP contribution is -2.23. The third kappa shape index (κ3) is 4.19. The van der Waals surface area contributed by atoms with Crippen molar-refractivity contribution in [2.24, 2.45) is 4.99 Å². The van der Waals surface area contributed by atoms with Crippen LogP contribution < -0.4 is 0 Å². The largest absolute Gasteiger partial charge is 0.478 e. The molecular weight excluding hydrogens is 432 g/mol. The minimum atomic E-state index is -1.06. The fourth-order valence-electron chi connectivity index (χ4n) is 3.03. The third-order valence-corrected chi connectivity index (χ3v) is 5.73. The van der Waals surface area contributed by atoms with Gasteiger partial charge >= 0.3 is 11.9 Å². The smallest absolute Gasteiger partial charge is 0.336 e. The second-order valence-corrected chi connectivity index (χ2v) is 7.78. The lowest BCUT2D eigenvalue weighted by molar-refractivity contribution is -0.121. The van der Waals surface area contributed by atoms with Gasteiger partial charge in [-0.15, -0.1) is 0 Å². The van der Waals surface area contributed by atoms with E-state index >= 15 is 0 Å². The van der Waals surface area contributed by atoms with Crippen LogP contribution in [-0.4, -0.2) is 45.2 Å². The maximum atomic E-state index is 12.6. The number of carbonyl (C=O) groups excluding carboxylic acids is 1. The molecule has 1 fully saturated rings. The number of hydrogen-bond donors (Lipinski definition) is 2. The Balaban J connectivity index is 1.59. The molecule has 160 valence electrons. The molecule has 0 saturated carbocycles. The fourth-order valence-corrected chi connectivity index (χ4v) is 4.00. The quantitative estimate of drug-likeness (QED) is 0.548. The predicted molar refractivity (Wildman–Crippen MR) is 120 cm³/mol. The first kappa shape index (κ1) is 21.1. The van der Waals surface area contributed by atoms with Gasteiger partial charge in [-0.1, -0.05) is 18.2 Å². The van der Waals surface area contributed by atoms with Crippen LogP contribution in [0.1, 0.15) is 26.5 Å². The van der Waals surface area contributed by atoms with E-state index in [1.54, 1.807) is 55.6 Å². The zero-order valence-electron chi connectivity index (χ0n) is 16.7. The number of aromatic carboxylic acids is 2. The number of carbonyl (C=O) groups is 3. The maximum Gasteiger partial charge on any atom is 0.336 e. The molecule has 8 nitrogen and oxygen atoms in total. The van der Waals surface area contributed by atoms with Crippen molar-refractivity contribution in [3.05, 3.63) is 82.5 Å². The van der Waals surface area contributed by atoms with E-state index in [9.17, 15) is 19.5 Å². The number of amides is 1. The lowest BCUT2D eigenvalue weighted by atomic mass is 10.1. The number of carboxylic acids is 2. The Bertz CT molecular complexity index is 1290. The monoisotopic (exact) mass is 448 g/mol. The van der Waals surface area contributed by atoms with Gasteiger partial charge in [-0.25, -0.2) is 14.6 Å². The molecule has 1 amide bonds. The highest BCUT2D eigenvalue weighted by Gasteiger charge is 2.30. The van der Waals surface area contributed by atoms with Gasteiger partial charge in [0, 0.05) is 18.7 Å². The van der Waals surface area contributed by atoms with Gasteiger partial charge in [0.1, 0.15) is 11.5 Å². The van der Waals surface area contributed by atoms with Crippen molar-refractivity contribution in [3.8, 4) is 11.3 Å². The second-order valence-electron chi connectivity index (χ2n) is 6.77. The van der Waals surface area contributed by atoms with Crippen molar-refractivity contribution in [1.29, 1.82) is 0 Å². The number of thioether (sulfide) groups is 1. The fraction of sp³-hybridized carbons (Fsp3) is 0.0435. The molecular formula is C23H16N2O6S. The summed E-state index contributed by atoms with van der Waals surface area (Å²) in [5, 5.41) is 18.8. The van der Waals surface area contributed by atoms with Crippen LogP contribution in [0.3, 0.4) is 0 Å². The van der Waals surface area contributed by atoms with Crippen molar-refractivity contribution >= 4 is 46.5 Å². The molecule has 0 radical (unpaired) electrons. The minimum absolute atomic E-state index is 0.121. The Morgan fingerprint density at radius 2 is 1.72 bits per heavy atom. The first-order valence-electron chi connectivity index (χ1n) is 9.35. The average molecular weight is 448 g/mol. The molecule has 0 atom stereocenters. The summed E-state index contributed by atoms with van der Waals surface area (Å²) in [5.41, 5.74) is 1.23. The molecule has 1 aromatic heterocycles. The topological polar surface area (TPSA) is 120 Å². The summed E-state index contributed by atoms with van der Waals surface area (Å²) in [6, 6.07) is 15.8. The van der Waals surface area contributed by atoms with Crippen LogP contribution in [0.2, 0.25) is 0 Å². The van der Waals surface area contributed by atoms with Crippen molar-refractivity contribution in [2.75, 3.05) is 7.05 Å². The van der Waals surface area contributed by atoms with Gasteiger partial charge in [-0.05, 0) is 54.2 Å². The average Bonchev–Trinajstić information content (AvgIpc) is 3.35. The first-order valence-corrected chi connectivity index (χ1v) is 10.2. The van der Waals surface area contributed by atoms with Crippen LogP contribution >= 0.6 is 11.8 Å². The van der Waals surface area contributed by atoms with Crippen LogP contribution in [0.4, 0.5) is 5.69 Å². The standard InChI is InChI=1S/C23H16N2O6S/c1-25-20(26)19(32-23(25)24-14-8-6-13(7-9-14)21(27)28)12-15-10-11-18(31-15)16-4-2-3-5-17(16)22(29)30/h2-12H,1H3,(H,27,28)(H,29,30)/b19-12-,24-23?. The van der Waals surface area contributed by atoms with Crippen molar-refractivity contribution in [1.82, 2.24) is 4.90 Å². The summed E-state index contributed by atoms with van der Waals surface area (Å²) >= 11 is 1.16. The highest BCUT2D eigenvalue weighted by Crippen LogP contribution is 2.34. The van der Waals surface area contributed by atoms with Crippen LogP contribution in [0.5, 0.6) is 0 Å². The maximum absolute atomic E-state index is 12.6. The molecule has 2 N–H and O–H groups in total. The number of benzene rings is 2. The number of nitrogens with zero attached hydrogens (tertiary/aromatic N) is 2. The van der Waals surface area contributed by atoms with Crippen molar-refractivity contribution in [2.45, 2.75) is 0 Å². The van der Waals surface area contributed by atoms with Gasteiger partial charge in [-0.2, -0.15) is 0 Å². The zero-order chi connectivity index (χ0) is 22.8. The van der Waals surface area contributed by atoms with Crippen molar-refractivity contribution < 1.29 is 29.0 Å². The van der Waals surface area contributed by atoms with Crippen LogP contribution in [0, 0.1) is 0 Å². The SMILES string of the molecule is CN1C(=O)/C(=C/c2ccc(-c3ccccc3C(=O)O)o2)SC1=Nc1ccc(C(=O)O)cc1. The molecule has 32 heavy (non-hydrogen) atoms. The molecule has 1 saturated heterocycles. The molecule has 1 aliphatic heterocycles. The van der Waals surface area contributed by atoms with E-state index in [1.807, 2.05) is 0 Å². The number of hydrogen-bond acceptors (Lipinski definition) is 6. The number of aliphatic imine (C=N–C) groups is 1.